The van der Waals surface area contributed by atoms with Gasteiger partial charge in [-0.3, -0.25) is 0 Å². The van der Waals surface area contributed by atoms with Gasteiger partial charge in [0.1, 0.15) is 6.29 Å². The zero-order chi connectivity index (χ0) is 14.1. The molecule has 1 fully saturated rings. The molecule has 0 bridgehead atoms. The summed E-state index contributed by atoms with van der Waals surface area (Å²) in [6.45, 7) is 3.02. The number of carbonyl (C=O) groups is 1. The number of rotatable bonds is 3. The number of hydrogen-bond donors (Lipinski definition) is 0. The maximum Gasteiger partial charge on any atom is 0.123 e. The van der Waals surface area contributed by atoms with E-state index in [1.54, 1.807) is 0 Å². The van der Waals surface area contributed by atoms with E-state index >= 15 is 0 Å². The monoisotopic (exact) mass is 266 g/mol. The van der Waals surface area contributed by atoms with E-state index in [1.807, 2.05) is 18.2 Å². The smallest absolute Gasteiger partial charge is 0.123 e. The molecular formula is C17H18N2O. The van der Waals surface area contributed by atoms with Crippen molar-refractivity contribution in [3.63, 3.8) is 0 Å². The Labute approximate surface area is 118 Å². The summed E-state index contributed by atoms with van der Waals surface area (Å²) in [6.07, 6.45) is 6.47. The van der Waals surface area contributed by atoms with Gasteiger partial charge in [-0.1, -0.05) is 6.42 Å². The van der Waals surface area contributed by atoms with Crippen molar-refractivity contribution in [2.75, 3.05) is 0 Å². The number of aldehydes is 1. The lowest BCUT2D eigenvalue weighted by Crippen LogP contribution is -2.06. The van der Waals surface area contributed by atoms with Gasteiger partial charge in [0.15, 0.2) is 0 Å². The normalized spacial score (nSPS) is 22.0. The molecule has 1 aromatic carbocycles. The molecule has 20 heavy (non-hydrogen) atoms. The quantitative estimate of drug-likeness (QED) is 0.796. The summed E-state index contributed by atoms with van der Waals surface area (Å²) in [5, 5.41) is 10.2. The first-order valence-corrected chi connectivity index (χ1v) is 7.26. The van der Waals surface area contributed by atoms with Gasteiger partial charge >= 0.3 is 0 Å². The molecule has 3 nitrogen and oxygen atoms in total. The third-order valence-corrected chi connectivity index (χ3v) is 4.53. The molecule has 3 rings (SSSR count). The molecule has 0 saturated heterocycles. The van der Waals surface area contributed by atoms with Crippen LogP contribution in [0, 0.1) is 17.2 Å². The molecule has 2 aromatic rings. The van der Waals surface area contributed by atoms with E-state index in [9.17, 15) is 4.79 Å². The van der Waals surface area contributed by atoms with Crippen LogP contribution in [-0.4, -0.2) is 10.9 Å². The number of nitrogens with zero attached hydrogens (tertiary/aromatic N) is 2. The van der Waals surface area contributed by atoms with Crippen molar-refractivity contribution in [3.8, 4) is 6.07 Å². The average Bonchev–Trinajstić information content (AvgIpc) is 3.09. The first-order valence-electron chi connectivity index (χ1n) is 7.26. The second-order valence-electron chi connectivity index (χ2n) is 5.55. The van der Waals surface area contributed by atoms with Crippen molar-refractivity contribution in [1.82, 2.24) is 4.57 Å². The van der Waals surface area contributed by atoms with E-state index in [0.29, 0.717) is 11.5 Å². The molecule has 1 saturated carbocycles. The molecule has 0 N–H and O–H groups in total. The number of nitriles is 1. The highest BCUT2D eigenvalue weighted by Crippen LogP contribution is 2.42. The van der Waals surface area contributed by atoms with Gasteiger partial charge in [-0.25, -0.2) is 0 Å². The third-order valence-electron chi connectivity index (χ3n) is 4.53. The van der Waals surface area contributed by atoms with Crippen LogP contribution in [0.1, 0.15) is 43.2 Å². The van der Waals surface area contributed by atoms with Crippen molar-refractivity contribution in [3.05, 3.63) is 35.5 Å². The molecule has 2 atom stereocenters. The van der Waals surface area contributed by atoms with Crippen LogP contribution in [0.25, 0.3) is 10.9 Å². The Morgan fingerprint density at radius 1 is 1.45 bits per heavy atom. The maximum absolute atomic E-state index is 11.3. The van der Waals surface area contributed by atoms with E-state index in [-0.39, 0.29) is 5.92 Å². The highest BCUT2D eigenvalue weighted by molar-refractivity contribution is 5.86. The fourth-order valence-corrected chi connectivity index (χ4v) is 3.49. The summed E-state index contributed by atoms with van der Waals surface area (Å²) >= 11 is 0. The lowest BCUT2D eigenvalue weighted by atomic mass is 9.89. The Hall–Kier alpha value is -2.08. The summed E-state index contributed by atoms with van der Waals surface area (Å²) in [6, 6.07) is 8.06. The van der Waals surface area contributed by atoms with Crippen LogP contribution in [0.15, 0.2) is 24.4 Å². The molecule has 3 heteroatoms. The standard InChI is InChI=1S/C17H18N2O/c1-2-19-10-16(14-5-3-4-13(14)11-20)15-8-12(9-18)6-7-17(15)19/h6-8,10-11,13-14H,2-5H2,1H3/t13-,14+/m0/s1. The predicted octanol–water partition coefficient (Wildman–Crippen LogP) is 3.62. The molecule has 1 aliphatic rings. The fraction of sp³-hybridized carbons (Fsp3) is 0.412. The van der Waals surface area contributed by atoms with E-state index in [0.717, 1.165) is 43.0 Å². The Bertz CT molecular complexity index is 693. The lowest BCUT2D eigenvalue weighted by Gasteiger charge is -2.13. The van der Waals surface area contributed by atoms with Crippen molar-refractivity contribution in [2.45, 2.75) is 38.6 Å². The van der Waals surface area contributed by atoms with Crippen molar-refractivity contribution in [1.29, 1.82) is 5.26 Å². The summed E-state index contributed by atoms with van der Waals surface area (Å²) in [7, 11) is 0. The summed E-state index contributed by atoms with van der Waals surface area (Å²) < 4.78 is 2.21. The fourth-order valence-electron chi connectivity index (χ4n) is 3.49. The largest absolute Gasteiger partial charge is 0.347 e. The zero-order valence-corrected chi connectivity index (χ0v) is 11.7. The van der Waals surface area contributed by atoms with Crippen LogP contribution in [0.2, 0.25) is 0 Å². The van der Waals surface area contributed by atoms with Gasteiger partial charge < -0.3 is 9.36 Å². The van der Waals surface area contributed by atoms with Crippen molar-refractivity contribution >= 4 is 17.2 Å². The van der Waals surface area contributed by atoms with E-state index < -0.39 is 0 Å². The Balaban J connectivity index is 2.19. The van der Waals surface area contributed by atoms with Gasteiger partial charge in [0.05, 0.1) is 11.6 Å². The summed E-state index contributed by atoms with van der Waals surface area (Å²) in [5.41, 5.74) is 3.10. The molecule has 0 amide bonds. The molecule has 1 aliphatic carbocycles. The minimum absolute atomic E-state index is 0.136. The third kappa shape index (κ3) is 1.92. The Morgan fingerprint density at radius 2 is 2.30 bits per heavy atom. The number of carbonyl (C=O) groups excluding carboxylic acids is 1. The number of benzene rings is 1. The average molecular weight is 266 g/mol. The zero-order valence-electron chi connectivity index (χ0n) is 11.7. The highest BCUT2D eigenvalue weighted by Gasteiger charge is 2.30. The van der Waals surface area contributed by atoms with Crippen molar-refractivity contribution < 1.29 is 4.79 Å². The van der Waals surface area contributed by atoms with Gasteiger partial charge in [0, 0.05) is 29.6 Å². The molecular weight excluding hydrogens is 248 g/mol. The molecule has 102 valence electrons. The number of fused-ring (bicyclic) bond motifs is 1. The molecule has 1 heterocycles. The molecule has 0 spiro atoms. The number of aromatic nitrogens is 1. The molecule has 0 radical (unpaired) electrons. The van der Waals surface area contributed by atoms with Crippen LogP contribution in [0.3, 0.4) is 0 Å². The minimum Gasteiger partial charge on any atom is -0.347 e. The number of hydrogen-bond acceptors (Lipinski definition) is 2. The Kier molecular flexibility index (Phi) is 3.31. The molecule has 1 aromatic heterocycles. The molecule has 0 aliphatic heterocycles. The lowest BCUT2D eigenvalue weighted by molar-refractivity contribution is -0.111. The second-order valence-corrected chi connectivity index (χ2v) is 5.55. The summed E-state index contributed by atoms with van der Waals surface area (Å²) in [4.78, 5) is 11.3. The predicted molar refractivity (Wildman–Crippen MR) is 78.5 cm³/mol. The number of aryl methyl sites for hydroxylation is 1. The van der Waals surface area contributed by atoms with Crippen LogP contribution >= 0.6 is 0 Å². The first-order chi connectivity index (χ1) is 9.78. The second kappa shape index (κ2) is 5.13. The molecule has 0 unspecified atom stereocenters. The summed E-state index contributed by atoms with van der Waals surface area (Å²) in [5.74, 6) is 0.452. The Morgan fingerprint density at radius 3 is 3.00 bits per heavy atom. The van der Waals surface area contributed by atoms with Gasteiger partial charge in [0.25, 0.3) is 0 Å². The van der Waals surface area contributed by atoms with E-state index in [1.165, 1.54) is 5.56 Å². The topological polar surface area (TPSA) is 45.8 Å². The van der Waals surface area contributed by atoms with Crippen molar-refractivity contribution in [2.24, 2.45) is 5.92 Å². The maximum atomic E-state index is 11.3. The SMILES string of the molecule is CCn1cc([C@@H]2CCC[C@H]2C=O)c2cc(C#N)ccc21. The van der Waals surface area contributed by atoms with Crippen LogP contribution in [0.4, 0.5) is 0 Å². The van der Waals surface area contributed by atoms with Gasteiger partial charge in [-0.2, -0.15) is 5.26 Å². The highest BCUT2D eigenvalue weighted by atomic mass is 16.1. The van der Waals surface area contributed by atoms with Crippen LogP contribution in [-0.2, 0) is 11.3 Å². The first kappa shape index (κ1) is 12.9. The van der Waals surface area contributed by atoms with Gasteiger partial charge in [-0.15, -0.1) is 0 Å². The van der Waals surface area contributed by atoms with Crippen LogP contribution < -0.4 is 0 Å². The minimum atomic E-state index is 0.136. The van der Waals surface area contributed by atoms with Gasteiger partial charge in [-0.05, 0) is 49.4 Å². The van der Waals surface area contributed by atoms with E-state index in [2.05, 4.69) is 23.8 Å². The van der Waals surface area contributed by atoms with E-state index in [4.69, 9.17) is 5.26 Å². The van der Waals surface area contributed by atoms with Gasteiger partial charge in [0.2, 0.25) is 0 Å². The van der Waals surface area contributed by atoms with Crippen LogP contribution in [0.5, 0.6) is 0 Å².